The van der Waals surface area contributed by atoms with Gasteiger partial charge in [0.2, 0.25) is 0 Å². The van der Waals surface area contributed by atoms with E-state index in [0.29, 0.717) is 24.4 Å². The number of rotatable bonds is 4. The first-order valence-electron chi connectivity index (χ1n) is 8.26. The molecular weight excluding hydrogens is 368 g/mol. The molecule has 1 aliphatic rings. The van der Waals surface area contributed by atoms with Gasteiger partial charge in [-0.25, -0.2) is 0 Å². The lowest BCUT2D eigenvalue weighted by molar-refractivity contribution is 0.0933. The van der Waals surface area contributed by atoms with Gasteiger partial charge in [0.25, 0.3) is 5.91 Å². The Kier molecular flexibility index (Phi) is 4.90. The zero-order valence-corrected chi connectivity index (χ0v) is 15.5. The van der Waals surface area contributed by atoms with E-state index in [4.69, 9.17) is 0 Å². The first kappa shape index (κ1) is 17.0. The molecule has 0 saturated carbocycles. The molecule has 24 heavy (non-hydrogen) atoms. The van der Waals surface area contributed by atoms with Crippen LogP contribution in [0.1, 0.15) is 58.8 Å². The third kappa shape index (κ3) is 3.46. The quantitative estimate of drug-likeness (QED) is 0.861. The maximum absolute atomic E-state index is 12.6. The average Bonchev–Trinajstić information content (AvgIpc) is 2.89. The summed E-state index contributed by atoms with van der Waals surface area (Å²) in [6, 6.07) is 9.91. The van der Waals surface area contributed by atoms with Crippen molar-refractivity contribution in [1.29, 1.82) is 0 Å². The molecule has 0 fully saturated rings. The van der Waals surface area contributed by atoms with E-state index in [1.54, 1.807) is 0 Å². The number of aromatic nitrogens is 1. The van der Waals surface area contributed by atoms with Crippen LogP contribution in [0.5, 0.6) is 0 Å². The van der Waals surface area contributed by atoms with Crippen LogP contribution < -0.4 is 5.32 Å². The van der Waals surface area contributed by atoms with E-state index in [2.05, 4.69) is 21.2 Å². The van der Waals surface area contributed by atoms with Gasteiger partial charge in [0.1, 0.15) is 5.69 Å². The average molecular weight is 389 g/mol. The van der Waals surface area contributed by atoms with E-state index < -0.39 is 0 Å². The summed E-state index contributed by atoms with van der Waals surface area (Å²) in [6.07, 6.45) is 2.28. The number of ketones is 1. The molecule has 0 radical (unpaired) electrons. The third-order valence-electron chi connectivity index (χ3n) is 4.20. The Labute approximate surface area is 150 Å². The van der Waals surface area contributed by atoms with Crippen LogP contribution in [0.4, 0.5) is 0 Å². The number of halogens is 1. The summed E-state index contributed by atoms with van der Waals surface area (Å²) in [6.45, 7) is 4.39. The molecule has 0 saturated heterocycles. The summed E-state index contributed by atoms with van der Waals surface area (Å²) in [5.74, 6) is 0.0151. The Morgan fingerprint density at radius 1 is 1.25 bits per heavy atom. The Hall–Kier alpha value is -1.88. The summed E-state index contributed by atoms with van der Waals surface area (Å²) in [5.41, 5.74) is 3.34. The van der Waals surface area contributed by atoms with E-state index >= 15 is 0 Å². The number of carbonyl (C=O) groups excluding carboxylic acids is 2. The van der Waals surface area contributed by atoms with Gasteiger partial charge >= 0.3 is 0 Å². The molecule has 126 valence electrons. The molecule has 4 nitrogen and oxygen atoms in total. The molecular formula is C19H21BrN2O2. The van der Waals surface area contributed by atoms with Crippen molar-refractivity contribution in [2.45, 2.75) is 45.7 Å². The highest BCUT2D eigenvalue weighted by atomic mass is 79.9. The van der Waals surface area contributed by atoms with Gasteiger partial charge in [0, 0.05) is 23.5 Å². The SMILES string of the molecule is CC(C)NC(=O)c1cc2c(n1Cc1ccc(Br)cc1)C(=O)CCC2. The normalized spacial score (nSPS) is 13.9. The van der Waals surface area contributed by atoms with Crippen molar-refractivity contribution in [3.63, 3.8) is 0 Å². The molecule has 3 rings (SSSR count). The predicted molar refractivity (Wildman–Crippen MR) is 97.5 cm³/mol. The fourth-order valence-corrected chi connectivity index (χ4v) is 3.41. The lowest BCUT2D eigenvalue weighted by atomic mass is 9.97. The second-order valence-corrected chi connectivity index (χ2v) is 7.44. The standard InChI is InChI=1S/C19H21BrN2O2/c1-12(2)21-19(24)16-10-14-4-3-5-17(23)18(14)22(16)11-13-6-8-15(20)9-7-13/h6-10,12H,3-5,11H2,1-2H3,(H,21,24). The van der Waals surface area contributed by atoms with Crippen LogP contribution in [0.15, 0.2) is 34.8 Å². The zero-order chi connectivity index (χ0) is 17.3. The van der Waals surface area contributed by atoms with Gasteiger partial charge in [-0.2, -0.15) is 0 Å². The van der Waals surface area contributed by atoms with Gasteiger partial charge in [0.05, 0.1) is 5.69 Å². The number of nitrogens with one attached hydrogen (secondary N) is 1. The summed E-state index contributed by atoms with van der Waals surface area (Å²) in [5, 5.41) is 2.94. The summed E-state index contributed by atoms with van der Waals surface area (Å²) < 4.78 is 2.90. The van der Waals surface area contributed by atoms with Crippen molar-refractivity contribution >= 4 is 27.6 Å². The van der Waals surface area contributed by atoms with Gasteiger partial charge in [-0.15, -0.1) is 0 Å². The Bertz CT molecular complexity index is 775. The second-order valence-electron chi connectivity index (χ2n) is 6.52. The first-order chi connectivity index (χ1) is 11.5. The summed E-state index contributed by atoms with van der Waals surface area (Å²) >= 11 is 3.43. The highest BCUT2D eigenvalue weighted by molar-refractivity contribution is 9.10. The van der Waals surface area contributed by atoms with E-state index in [-0.39, 0.29) is 17.7 Å². The van der Waals surface area contributed by atoms with Crippen molar-refractivity contribution in [1.82, 2.24) is 9.88 Å². The Balaban J connectivity index is 2.03. The van der Waals surface area contributed by atoms with Crippen molar-refractivity contribution in [2.75, 3.05) is 0 Å². The number of carbonyl (C=O) groups is 2. The zero-order valence-electron chi connectivity index (χ0n) is 13.9. The number of Topliss-reactive ketones (excluding diaryl/α,β-unsaturated/α-hetero) is 1. The molecule has 1 heterocycles. The van der Waals surface area contributed by atoms with Crippen LogP contribution in [0.2, 0.25) is 0 Å². The topological polar surface area (TPSA) is 51.1 Å². The summed E-state index contributed by atoms with van der Waals surface area (Å²) in [7, 11) is 0. The number of hydrogen-bond acceptors (Lipinski definition) is 2. The Morgan fingerprint density at radius 3 is 2.62 bits per heavy atom. The van der Waals surface area contributed by atoms with Crippen LogP contribution in [-0.4, -0.2) is 22.3 Å². The molecule has 1 amide bonds. The smallest absolute Gasteiger partial charge is 0.268 e. The minimum atomic E-state index is -0.121. The first-order valence-corrected chi connectivity index (χ1v) is 9.06. The minimum absolute atomic E-state index is 0.0567. The fourth-order valence-electron chi connectivity index (χ4n) is 3.14. The molecule has 0 aliphatic heterocycles. The van der Waals surface area contributed by atoms with Crippen molar-refractivity contribution < 1.29 is 9.59 Å². The number of amides is 1. The van der Waals surface area contributed by atoms with Gasteiger partial charge in [-0.3, -0.25) is 9.59 Å². The number of fused-ring (bicyclic) bond motifs is 1. The van der Waals surface area contributed by atoms with E-state index in [1.807, 2.05) is 48.7 Å². The molecule has 1 aromatic carbocycles. The molecule has 1 aromatic heterocycles. The number of nitrogens with zero attached hydrogens (tertiary/aromatic N) is 1. The number of hydrogen-bond donors (Lipinski definition) is 1. The molecule has 0 spiro atoms. The monoisotopic (exact) mass is 388 g/mol. The maximum Gasteiger partial charge on any atom is 0.268 e. The van der Waals surface area contributed by atoms with Gasteiger partial charge in [-0.05, 0) is 56.0 Å². The van der Waals surface area contributed by atoms with E-state index in [0.717, 1.165) is 28.4 Å². The summed E-state index contributed by atoms with van der Waals surface area (Å²) in [4.78, 5) is 25.0. The molecule has 2 aromatic rings. The highest BCUT2D eigenvalue weighted by Crippen LogP contribution is 2.26. The van der Waals surface area contributed by atoms with Gasteiger partial charge in [-0.1, -0.05) is 28.1 Å². The Morgan fingerprint density at radius 2 is 1.96 bits per heavy atom. The van der Waals surface area contributed by atoms with Gasteiger partial charge in [0.15, 0.2) is 5.78 Å². The second kappa shape index (κ2) is 6.93. The number of aryl methyl sites for hydroxylation is 1. The predicted octanol–water partition coefficient (Wildman–Crippen LogP) is 3.96. The molecule has 1 aliphatic carbocycles. The lowest BCUT2D eigenvalue weighted by Gasteiger charge is -2.17. The van der Waals surface area contributed by atoms with Crippen molar-refractivity contribution in [2.24, 2.45) is 0 Å². The van der Waals surface area contributed by atoms with Crippen LogP contribution >= 0.6 is 15.9 Å². The molecule has 5 heteroatoms. The van der Waals surface area contributed by atoms with Crippen LogP contribution in [-0.2, 0) is 13.0 Å². The van der Waals surface area contributed by atoms with Crippen LogP contribution in [0.25, 0.3) is 0 Å². The highest BCUT2D eigenvalue weighted by Gasteiger charge is 2.27. The molecule has 1 N–H and O–H groups in total. The van der Waals surface area contributed by atoms with E-state index in [9.17, 15) is 9.59 Å². The molecule has 0 bridgehead atoms. The lowest BCUT2D eigenvalue weighted by Crippen LogP contribution is -2.32. The minimum Gasteiger partial charge on any atom is -0.349 e. The van der Waals surface area contributed by atoms with Crippen molar-refractivity contribution in [3.05, 3.63) is 57.3 Å². The fraction of sp³-hybridized carbons (Fsp3) is 0.368. The van der Waals surface area contributed by atoms with E-state index in [1.165, 1.54) is 0 Å². The number of benzene rings is 1. The van der Waals surface area contributed by atoms with Gasteiger partial charge < -0.3 is 9.88 Å². The van der Waals surface area contributed by atoms with Crippen LogP contribution in [0.3, 0.4) is 0 Å². The molecule has 0 atom stereocenters. The van der Waals surface area contributed by atoms with Crippen LogP contribution in [0, 0.1) is 0 Å². The largest absolute Gasteiger partial charge is 0.349 e. The third-order valence-corrected chi connectivity index (χ3v) is 4.72. The van der Waals surface area contributed by atoms with Crippen molar-refractivity contribution in [3.8, 4) is 0 Å². The maximum atomic E-state index is 12.6. The molecule has 0 unspecified atom stereocenters.